The van der Waals surface area contributed by atoms with Gasteiger partial charge in [-0.15, -0.1) is 0 Å². The molecule has 0 spiro atoms. The highest BCUT2D eigenvalue weighted by Crippen LogP contribution is 2.28. The average Bonchev–Trinajstić information content (AvgIpc) is 3.22. The molecular weight excluding hydrogens is 860 g/mol. The number of rotatable bonds is 12. The van der Waals surface area contributed by atoms with Gasteiger partial charge in [-0.05, 0) is 56.5 Å². The molecule has 6 aromatic rings. The second-order valence-electron chi connectivity index (χ2n) is 12.3. The van der Waals surface area contributed by atoms with E-state index in [1.54, 1.807) is 20.0 Å². The van der Waals surface area contributed by atoms with Crippen LogP contribution < -0.4 is 30.1 Å². The lowest BCUT2D eigenvalue weighted by Gasteiger charge is -2.13. The highest BCUT2D eigenvalue weighted by molar-refractivity contribution is 7.98. The van der Waals surface area contributed by atoms with Gasteiger partial charge in [-0.3, -0.25) is 18.7 Å². The molecule has 18 nitrogen and oxygen atoms in total. The minimum absolute atomic E-state index is 0.0128. The van der Waals surface area contributed by atoms with Gasteiger partial charge >= 0.3 is 0 Å². The van der Waals surface area contributed by atoms with Gasteiger partial charge in [0.25, 0.3) is 11.1 Å². The first kappa shape index (κ1) is 44.5. The molecule has 0 unspecified atom stereocenters. The van der Waals surface area contributed by atoms with Crippen LogP contribution in [-0.2, 0) is 22.9 Å². The standard InChI is InChI=1S/C19H16ClN5O5S.C19H16ClN5O3S/c1-11-16(30-15-5-12(7-21)4-14(20)6-15)18(26)25(10-23-11)9-13-8-22-19(31(3,27)28)24-17(13)29-2;1-11-16(28-15-5-12(7-21)4-14(20)6-15)18(26)25(10-23-11)9-13-8-22-19(29-3)24-17(13)27-2/h4-6,8,10H,9H2,1-3H3;4-6,8,10H,9H2,1-3H3. The number of nitriles is 2. The molecule has 0 aliphatic heterocycles. The zero-order valence-electron chi connectivity index (χ0n) is 32.5. The summed E-state index contributed by atoms with van der Waals surface area (Å²) in [5.74, 6) is 0.869. The molecule has 0 radical (unpaired) electrons. The van der Waals surface area contributed by atoms with E-state index in [-0.39, 0.29) is 57.7 Å². The summed E-state index contributed by atoms with van der Waals surface area (Å²) in [6, 6.07) is 12.9. The molecule has 6 rings (SSSR count). The van der Waals surface area contributed by atoms with Crippen molar-refractivity contribution in [2.75, 3.05) is 26.7 Å². The van der Waals surface area contributed by atoms with Crippen molar-refractivity contribution in [2.24, 2.45) is 0 Å². The van der Waals surface area contributed by atoms with Crippen molar-refractivity contribution in [1.29, 1.82) is 10.5 Å². The van der Waals surface area contributed by atoms with Gasteiger partial charge in [-0.1, -0.05) is 35.0 Å². The van der Waals surface area contributed by atoms with Gasteiger partial charge in [0.05, 0.1) is 85.7 Å². The van der Waals surface area contributed by atoms with Gasteiger partial charge in [-0.2, -0.15) is 20.5 Å². The Morgan fingerprint density at radius 2 is 1.17 bits per heavy atom. The fourth-order valence-corrected chi connectivity index (χ4v) is 6.42. The topological polar surface area (TPSA) is 240 Å². The van der Waals surface area contributed by atoms with Crippen molar-refractivity contribution in [3.8, 4) is 46.9 Å². The molecule has 0 atom stereocenters. The summed E-state index contributed by atoms with van der Waals surface area (Å²) in [6.07, 6.45) is 8.46. The van der Waals surface area contributed by atoms with E-state index in [0.29, 0.717) is 44.1 Å². The maximum atomic E-state index is 13.0. The Morgan fingerprint density at radius 1 is 0.717 bits per heavy atom. The van der Waals surface area contributed by atoms with E-state index in [0.717, 1.165) is 6.26 Å². The summed E-state index contributed by atoms with van der Waals surface area (Å²) in [6.45, 7) is 3.36. The van der Waals surface area contributed by atoms with E-state index < -0.39 is 21.0 Å². The maximum Gasteiger partial charge on any atom is 0.296 e. The van der Waals surface area contributed by atoms with Crippen molar-refractivity contribution < 1.29 is 27.4 Å². The molecular formula is C38H32Cl2N10O8S2. The molecule has 0 aliphatic rings. The molecule has 0 saturated heterocycles. The lowest BCUT2D eigenvalue weighted by molar-refractivity contribution is 0.383. The first-order chi connectivity index (χ1) is 28.6. The van der Waals surface area contributed by atoms with Crippen LogP contribution >= 0.6 is 35.0 Å². The second kappa shape index (κ2) is 19.4. The fraction of sp³-hybridized carbons (Fsp3) is 0.211. The number of sulfone groups is 1. The van der Waals surface area contributed by atoms with E-state index in [1.165, 1.54) is 90.4 Å². The lowest BCUT2D eigenvalue weighted by atomic mass is 10.2. The first-order valence-corrected chi connectivity index (χ1v) is 20.9. The number of aryl methyl sites for hydroxylation is 2. The van der Waals surface area contributed by atoms with Crippen molar-refractivity contribution >= 4 is 44.8 Å². The molecule has 0 aliphatic carbocycles. The predicted octanol–water partition coefficient (Wildman–Crippen LogP) is 5.56. The summed E-state index contributed by atoms with van der Waals surface area (Å²) in [4.78, 5) is 50.6. The molecule has 0 fully saturated rings. The number of halogens is 2. The monoisotopic (exact) mass is 890 g/mol. The van der Waals surface area contributed by atoms with E-state index in [2.05, 4.69) is 29.9 Å². The number of benzene rings is 2. The summed E-state index contributed by atoms with van der Waals surface area (Å²) >= 11 is 13.4. The normalized spacial score (nSPS) is 10.8. The van der Waals surface area contributed by atoms with Crippen molar-refractivity contribution in [2.45, 2.75) is 37.2 Å². The van der Waals surface area contributed by atoms with Crippen LogP contribution in [0.5, 0.6) is 34.8 Å². The number of methoxy groups -OCH3 is 2. The molecule has 2 aromatic carbocycles. The van der Waals surface area contributed by atoms with E-state index >= 15 is 0 Å². The van der Waals surface area contributed by atoms with Gasteiger partial charge in [0.15, 0.2) is 5.16 Å². The van der Waals surface area contributed by atoms with E-state index in [4.69, 9.17) is 52.7 Å². The smallest absolute Gasteiger partial charge is 0.296 e. The van der Waals surface area contributed by atoms with Gasteiger partial charge in [0, 0.05) is 28.7 Å². The van der Waals surface area contributed by atoms with Crippen LogP contribution in [0.3, 0.4) is 0 Å². The summed E-state index contributed by atoms with van der Waals surface area (Å²) in [5.41, 5.74) is 1.41. The quantitative estimate of drug-likeness (QED) is 0.108. The molecule has 60 heavy (non-hydrogen) atoms. The molecule has 0 N–H and O–H groups in total. The van der Waals surface area contributed by atoms with Crippen molar-refractivity contribution in [3.05, 3.63) is 126 Å². The zero-order valence-corrected chi connectivity index (χ0v) is 35.6. The number of nitrogens with zero attached hydrogens (tertiary/aromatic N) is 10. The fourth-order valence-electron chi connectivity index (χ4n) is 5.14. The summed E-state index contributed by atoms with van der Waals surface area (Å²) in [7, 11) is -0.792. The van der Waals surface area contributed by atoms with Crippen molar-refractivity contribution in [1.82, 2.24) is 39.0 Å². The molecule has 0 saturated carbocycles. The Balaban J connectivity index is 0.000000228. The highest BCUT2D eigenvalue weighted by Gasteiger charge is 2.19. The van der Waals surface area contributed by atoms with Crippen LogP contribution in [0.2, 0.25) is 10.0 Å². The molecule has 4 aromatic heterocycles. The van der Waals surface area contributed by atoms with Crippen LogP contribution in [0.15, 0.2) is 81.3 Å². The van der Waals surface area contributed by atoms with Gasteiger partial charge in [-0.25, -0.2) is 28.4 Å². The van der Waals surface area contributed by atoms with E-state index in [1.807, 2.05) is 18.4 Å². The van der Waals surface area contributed by atoms with Crippen LogP contribution in [0, 0.1) is 36.5 Å². The summed E-state index contributed by atoms with van der Waals surface area (Å²) < 4.78 is 47.8. The average molecular weight is 892 g/mol. The van der Waals surface area contributed by atoms with Crippen molar-refractivity contribution in [3.63, 3.8) is 0 Å². The zero-order chi connectivity index (χ0) is 43.7. The first-order valence-electron chi connectivity index (χ1n) is 17.0. The number of hydrogen-bond acceptors (Lipinski definition) is 17. The van der Waals surface area contributed by atoms with Crippen LogP contribution in [0.1, 0.15) is 33.6 Å². The minimum Gasteiger partial charge on any atom is -0.481 e. The Morgan fingerprint density at radius 3 is 1.58 bits per heavy atom. The summed E-state index contributed by atoms with van der Waals surface area (Å²) in [5, 5.41) is 19.0. The Hall–Kier alpha value is -6.58. The highest BCUT2D eigenvalue weighted by atomic mass is 35.5. The number of thioether (sulfide) groups is 1. The number of ether oxygens (including phenoxy) is 4. The lowest BCUT2D eigenvalue weighted by Crippen LogP contribution is -2.24. The Bertz CT molecular complexity index is 2920. The van der Waals surface area contributed by atoms with Gasteiger partial charge in [0.2, 0.25) is 38.3 Å². The van der Waals surface area contributed by atoms with E-state index in [9.17, 15) is 18.0 Å². The number of hydrogen-bond donors (Lipinski definition) is 0. The second-order valence-corrected chi connectivity index (χ2v) is 15.9. The van der Waals surface area contributed by atoms with Crippen LogP contribution in [-0.4, -0.2) is 74.2 Å². The maximum absolute atomic E-state index is 13.0. The van der Waals surface area contributed by atoms with Gasteiger partial charge in [0.1, 0.15) is 11.5 Å². The predicted molar refractivity (Wildman–Crippen MR) is 219 cm³/mol. The Kier molecular flexibility index (Phi) is 14.4. The number of aromatic nitrogens is 8. The Labute approximate surface area is 356 Å². The molecule has 0 bridgehead atoms. The largest absolute Gasteiger partial charge is 0.481 e. The van der Waals surface area contributed by atoms with Crippen LogP contribution in [0.25, 0.3) is 0 Å². The molecule has 22 heteroatoms. The molecule has 0 amide bonds. The SMILES string of the molecule is COc1nc(S(C)(=O)=O)ncc1Cn1cnc(C)c(Oc2cc(Cl)cc(C#N)c2)c1=O.COc1nc(SC)ncc1Cn1cnc(C)c(Oc2cc(Cl)cc(C#N)c2)c1=O. The van der Waals surface area contributed by atoms with Crippen LogP contribution in [0.4, 0.5) is 0 Å². The molecule has 308 valence electrons. The molecule has 4 heterocycles. The third kappa shape index (κ3) is 10.9. The minimum atomic E-state index is -3.63. The third-order valence-electron chi connectivity index (χ3n) is 7.98. The third-order valence-corrected chi connectivity index (χ3v) is 9.84. The van der Waals surface area contributed by atoms with Gasteiger partial charge < -0.3 is 18.9 Å².